The summed E-state index contributed by atoms with van der Waals surface area (Å²) in [6, 6.07) is 67.6. The monoisotopic (exact) mass is 750 g/mol. The van der Waals surface area contributed by atoms with Gasteiger partial charge in [0.1, 0.15) is 23.0 Å². The molecule has 278 valence electrons. The summed E-state index contributed by atoms with van der Waals surface area (Å²) >= 11 is 0. The first-order valence-electron chi connectivity index (χ1n) is 19.1. The lowest BCUT2D eigenvalue weighted by atomic mass is 9.89. The van der Waals surface area contributed by atoms with Gasteiger partial charge in [-0.25, -0.2) is 0 Å². The third-order valence-corrected chi connectivity index (χ3v) is 10.3. The van der Waals surface area contributed by atoms with E-state index in [-0.39, 0.29) is 5.78 Å². The SMILES string of the molecule is Nc1ccc(Oc2ccc(-c3ccc(C4=C(c5ccccc5)C(c5ccccc5)=C(c5ccc(-c6ccc(Oc7ccc(N)cc7)cc6)cc5)C4=O)cc3)cc2)cc1. The Balaban J connectivity index is 1.04. The third-order valence-electron chi connectivity index (χ3n) is 10.3. The van der Waals surface area contributed by atoms with Gasteiger partial charge in [0, 0.05) is 33.7 Å². The van der Waals surface area contributed by atoms with Crippen LogP contribution in [0.1, 0.15) is 22.3 Å². The number of ketones is 1. The van der Waals surface area contributed by atoms with E-state index in [0.717, 1.165) is 78.7 Å². The molecule has 0 amide bonds. The second-order valence-electron chi connectivity index (χ2n) is 14.1. The van der Waals surface area contributed by atoms with Crippen LogP contribution in [0.3, 0.4) is 0 Å². The zero-order valence-electron chi connectivity index (χ0n) is 31.5. The zero-order chi connectivity index (χ0) is 39.4. The summed E-state index contributed by atoms with van der Waals surface area (Å²) in [7, 11) is 0. The van der Waals surface area contributed by atoms with Crippen molar-refractivity contribution in [2.24, 2.45) is 0 Å². The van der Waals surface area contributed by atoms with Gasteiger partial charge in [-0.2, -0.15) is 0 Å². The largest absolute Gasteiger partial charge is 0.457 e. The van der Waals surface area contributed by atoms with Crippen LogP contribution in [0, 0.1) is 0 Å². The molecule has 9 rings (SSSR count). The Hall–Kier alpha value is -7.89. The molecule has 4 N–H and O–H groups in total. The van der Waals surface area contributed by atoms with Gasteiger partial charge in [-0.3, -0.25) is 4.79 Å². The molecule has 1 aliphatic carbocycles. The van der Waals surface area contributed by atoms with Crippen LogP contribution >= 0.6 is 0 Å². The predicted molar refractivity (Wildman–Crippen MR) is 237 cm³/mol. The quantitative estimate of drug-likeness (QED) is 0.136. The molecule has 5 heteroatoms. The minimum atomic E-state index is -0.00783. The molecule has 8 aromatic rings. The van der Waals surface area contributed by atoms with Crippen LogP contribution in [-0.2, 0) is 4.79 Å². The molecule has 0 saturated carbocycles. The molecule has 1 aliphatic rings. The molecule has 0 aliphatic heterocycles. The van der Waals surface area contributed by atoms with Crippen LogP contribution in [0.5, 0.6) is 23.0 Å². The lowest BCUT2D eigenvalue weighted by Crippen LogP contribution is -2.02. The fourth-order valence-electron chi connectivity index (χ4n) is 7.37. The summed E-state index contributed by atoms with van der Waals surface area (Å²) in [4.78, 5) is 15.0. The average molecular weight is 751 g/mol. The van der Waals surface area contributed by atoms with E-state index in [0.29, 0.717) is 22.5 Å². The zero-order valence-corrected chi connectivity index (χ0v) is 31.5. The molecule has 58 heavy (non-hydrogen) atoms. The fraction of sp³-hybridized carbons (Fsp3) is 0. The van der Waals surface area contributed by atoms with Gasteiger partial charge in [0.25, 0.3) is 0 Å². The second kappa shape index (κ2) is 15.7. The van der Waals surface area contributed by atoms with Crippen molar-refractivity contribution in [3.05, 3.63) is 229 Å². The maximum absolute atomic E-state index is 15.0. The van der Waals surface area contributed by atoms with Crippen molar-refractivity contribution in [2.75, 3.05) is 11.5 Å². The number of nitrogens with two attached hydrogens (primary N) is 2. The second-order valence-corrected chi connectivity index (χ2v) is 14.1. The number of carbonyl (C=O) groups excluding carboxylic acids is 1. The summed E-state index contributed by atoms with van der Waals surface area (Å²) in [5.41, 5.74) is 24.1. The van der Waals surface area contributed by atoms with Crippen molar-refractivity contribution in [1.82, 2.24) is 0 Å². The van der Waals surface area contributed by atoms with Gasteiger partial charge < -0.3 is 20.9 Å². The maximum Gasteiger partial charge on any atom is 0.195 e. The number of nitrogen functional groups attached to an aromatic ring is 2. The van der Waals surface area contributed by atoms with Crippen LogP contribution in [0.15, 0.2) is 206 Å². The third kappa shape index (κ3) is 7.40. The molecule has 0 radical (unpaired) electrons. The molecule has 0 spiro atoms. The molecular weight excluding hydrogens is 713 g/mol. The van der Waals surface area contributed by atoms with E-state index in [2.05, 4.69) is 72.8 Å². The molecular formula is C53H38N2O3. The number of benzene rings is 8. The molecule has 0 bridgehead atoms. The first-order valence-corrected chi connectivity index (χ1v) is 19.1. The molecule has 0 saturated heterocycles. The van der Waals surface area contributed by atoms with Crippen molar-refractivity contribution in [1.29, 1.82) is 0 Å². The fourth-order valence-corrected chi connectivity index (χ4v) is 7.37. The average Bonchev–Trinajstić information content (AvgIpc) is 3.59. The van der Waals surface area contributed by atoms with Gasteiger partial charge in [-0.05, 0) is 117 Å². The Labute approximate surface area is 337 Å². The standard InChI is InChI=1S/C53H38N2O3/c54-43-23-31-47(32-24-43)57-45-27-19-37(20-28-45)35-11-15-41(16-12-35)51-49(39-7-3-1-4-8-39)50(40-9-5-2-6-10-40)52(53(51)56)42-17-13-36(14-18-42)38-21-29-46(30-22-38)58-48-33-25-44(55)26-34-48/h1-34H,54-55H2. The Bertz CT molecular complexity index is 2580. The molecule has 0 aromatic heterocycles. The summed E-state index contributed by atoms with van der Waals surface area (Å²) in [6.45, 7) is 0. The van der Waals surface area contributed by atoms with E-state index < -0.39 is 0 Å². The van der Waals surface area contributed by atoms with Crippen LogP contribution in [0.25, 0.3) is 44.5 Å². The number of hydrogen-bond acceptors (Lipinski definition) is 5. The van der Waals surface area contributed by atoms with Gasteiger partial charge in [0.2, 0.25) is 0 Å². The van der Waals surface area contributed by atoms with E-state index in [1.54, 1.807) is 0 Å². The van der Waals surface area contributed by atoms with Crippen molar-refractivity contribution in [2.45, 2.75) is 0 Å². The Kier molecular flexibility index (Phi) is 9.68. The number of hydrogen-bond donors (Lipinski definition) is 2. The van der Waals surface area contributed by atoms with Crippen LogP contribution in [-0.4, -0.2) is 5.78 Å². The van der Waals surface area contributed by atoms with Gasteiger partial charge in [0.05, 0.1) is 0 Å². The van der Waals surface area contributed by atoms with Crippen LogP contribution in [0.2, 0.25) is 0 Å². The van der Waals surface area contributed by atoms with Crippen LogP contribution < -0.4 is 20.9 Å². The Morgan fingerprint density at radius 1 is 0.259 bits per heavy atom. The number of rotatable bonds is 10. The smallest absolute Gasteiger partial charge is 0.195 e. The van der Waals surface area contributed by atoms with E-state index in [1.807, 2.05) is 133 Å². The van der Waals surface area contributed by atoms with Crippen molar-refractivity contribution in [3.63, 3.8) is 0 Å². The highest BCUT2D eigenvalue weighted by Gasteiger charge is 2.35. The summed E-state index contributed by atoms with van der Waals surface area (Å²) in [6.07, 6.45) is 0. The number of carbonyl (C=O) groups is 1. The minimum Gasteiger partial charge on any atom is -0.457 e. The highest BCUT2D eigenvalue weighted by atomic mass is 16.5. The van der Waals surface area contributed by atoms with Gasteiger partial charge in [-0.1, -0.05) is 133 Å². The van der Waals surface area contributed by atoms with E-state index in [9.17, 15) is 0 Å². The minimum absolute atomic E-state index is 0.00783. The normalized spacial score (nSPS) is 12.5. The topological polar surface area (TPSA) is 87.6 Å². The van der Waals surface area contributed by atoms with E-state index >= 15 is 4.79 Å². The van der Waals surface area contributed by atoms with Gasteiger partial charge in [-0.15, -0.1) is 0 Å². The molecule has 0 heterocycles. The predicted octanol–water partition coefficient (Wildman–Crippen LogP) is 12.9. The van der Waals surface area contributed by atoms with Gasteiger partial charge >= 0.3 is 0 Å². The van der Waals surface area contributed by atoms with Crippen molar-refractivity contribution >= 4 is 39.5 Å². The lowest BCUT2D eigenvalue weighted by molar-refractivity contribution is -0.108. The first kappa shape index (κ1) is 35.8. The maximum atomic E-state index is 15.0. The van der Waals surface area contributed by atoms with Crippen molar-refractivity contribution < 1.29 is 14.3 Å². The van der Waals surface area contributed by atoms with Crippen molar-refractivity contribution in [3.8, 4) is 45.3 Å². The molecule has 0 fully saturated rings. The number of Topliss-reactive ketones (excluding diaryl/α,β-unsaturated/α-hetero) is 1. The van der Waals surface area contributed by atoms with Crippen LogP contribution in [0.4, 0.5) is 11.4 Å². The summed E-state index contributed by atoms with van der Waals surface area (Å²) < 4.78 is 12.0. The first-order chi connectivity index (χ1) is 28.5. The van der Waals surface area contributed by atoms with E-state index in [4.69, 9.17) is 20.9 Å². The number of ether oxygens (including phenoxy) is 2. The lowest BCUT2D eigenvalue weighted by Gasteiger charge is -2.14. The molecule has 0 atom stereocenters. The number of anilines is 2. The number of allylic oxidation sites excluding steroid dienone is 4. The summed E-state index contributed by atoms with van der Waals surface area (Å²) in [5, 5.41) is 0. The molecule has 0 unspecified atom stereocenters. The summed E-state index contributed by atoms with van der Waals surface area (Å²) in [5.74, 6) is 2.91. The Morgan fingerprint density at radius 3 is 0.810 bits per heavy atom. The van der Waals surface area contributed by atoms with E-state index in [1.165, 1.54) is 0 Å². The molecule has 5 nitrogen and oxygen atoms in total. The highest BCUT2D eigenvalue weighted by molar-refractivity contribution is 6.59. The highest BCUT2D eigenvalue weighted by Crippen LogP contribution is 2.50. The molecule has 8 aromatic carbocycles. The Morgan fingerprint density at radius 2 is 0.500 bits per heavy atom. The van der Waals surface area contributed by atoms with Gasteiger partial charge in [0.15, 0.2) is 5.78 Å².